The van der Waals surface area contributed by atoms with E-state index < -0.39 is 5.79 Å². The molecule has 3 nitrogen and oxygen atoms in total. The Morgan fingerprint density at radius 2 is 2.20 bits per heavy atom. The summed E-state index contributed by atoms with van der Waals surface area (Å²) in [7, 11) is 0. The van der Waals surface area contributed by atoms with E-state index in [0.29, 0.717) is 24.6 Å². The lowest BCUT2D eigenvalue weighted by atomic mass is 10.00. The summed E-state index contributed by atoms with van der Waals surface area (Å²) < 4.78 is 26.2. The van der Waals surface area contributed by atoms with Crippen molar-refractivity contribution >= 4 is 0 Å². The van der Waals surface area contributed by atoms with E-state index in [1.54, 1.807) is 12.1 Å². The lowest BCUT2D eigenvalue weighted by molar-refractivity contribution is -0.184. The molecule has 1 aromatic rings. The molecule has 0 unspecified atom stereocenters. The number of hydrogen-bond acceptors (Lipinski definition) is 3. The van der Waals surface area contributed by atoms with Crippen LogP contribution in [0.4, 0.5) is 4.39 Å². The normalized spacial score (nSPS) is 34.3. The highest BCUT2D eigenvalue weighted by Gasteiger charge is 2.45. The second-order valence-electron chi connectivity index (χ2n) is 5.61. The van der Waals surface area contributed by atoms with Crippen LogP contribution in [0.3, 0.4) is 0 Å². The van der Waals surface area contributed by atoms with E-state index in [2.05, 4.69) is 5.32 Å². The highest BCUT2D eigenvalue weighted by atomic mass is 19.1. The lowest BCUT2D eigenvalue weighted by Crippen LogP contribution is -2.45. The quantitative estimate of drug-likeness (QED) is 0.922. The minimum absolute atomic E-state index is 0.00913. The molecule has 2 aliphatic heterocycles. The van der Waals surface area contributed by atoms with Crippen LogP contribution in [0.25, 0.3) is 0 Å². The molecule has 3 atom stereocenters. The fourth-order valence-corrected chi connectivity index (χ4v) is 3.21. The Morgan fingerprint density at radius 3 is 2.90 bits per heavy atom. The van der Waals surface area contributed by atoms with E-state index in [1.807, 2.05) is 13.0 Å². The number of hydrogen-bond donors (Lipinski definition) is 1. The van der Waals surface area contributed by atoms with E-state index in [-0.39, 0.29) is 11.9 Å². The van der Waals surface area contributed by atoms with E-state index in [4.69, 9.17) is 9.47 Å². The summed E-state index contributed by atoms with van der Waals surface area (Å²) in [6.45, 7) is 3.53. The summed E-state index contributed by atoms with van der Waals surface area (Å²) in [6, 6.07) is 7.07. The molecule has 0 amide bonds. The molecule has 1 aromatic carbocycles. The van der Waals surface area contributed by atoms with Gasteiger partial charge in [-0.05, 0) is 25.5 Å². The first kappa shape index (κ1) is 14.0. The molecular weight excluding hydrogens is 257 g/mol. The van der Waals surface area contributed by atoms with Gasteiger partial charge < -0.3 is 14.8 Å². The molecule has 2 aliphatic rings. The van der Waals surface area contributed by atoms with Gasteiger partial charge in [0.2, 0.25) is 0 Å². The summed E-state index contributed by atoms with van der Waals surface area (Å²) >= 11 is 0. The molecular formula is C16H22FNO2. The van der Waals surface area contributed by atoms with Gasteiger partial charge in [0.05, 0.1) is 6.61 Å². The third-order valence-corrected chi connectivity index (χ3v) is 4.37. The van der Waals surface area contributed by atoms with Crippen molar-refractivity contribution in [2.75, 3.05) is 13.2 Å². The van der Waals surface area contributed by atoms with Gasteiger partial charge >= 0.3 is 0 Å². The first-order valence-electron chi connectivity index (χ1n) is 7.55. The van der Waals surface area contributed by atoms with Crippen LogP contribution in [0.5, 0.6) is 0 Å². The maximum Gasteiger partial charge on any atom is 0.197 e. The monoisotopic (exact) mass is 279 g/mol. The van der Waals surface area contributed by atoms with Crippen LogP contribution in [-0.2, 0) is 15.3 Å². The zero-order valence-corrected chi connectivity index (χ0v) is 11.9. The number of benzene rings is 1. The minimum Gasteiger partial charge on any atom is -0.343 e. The predicted molar refractivity (Wildman–Crippen MR) is 74.8 cm³/mol. The molecule has 20 heavy (non-hydrogen) atoms. The van der Waals surface area contributed by atoms with Crippen LogP contribution in [0.1, 0.15) is 38.2 Å². The van der Waals surface area contributed by atoms with Gasteiger partial charge in [0.15, 0.2) is 5.79 Å². The molecule has 2 fully saturated rings. The number of ether oxygens (including phenoxy) is 2. The van der Waals surface area contributed by atoms with Gasteiger partial charge in [0, 0.05) is 18.0 Å². The number of piperidine rings is 1. The molecule has 1 N–H and O–H groups in total. The second-order valence-corrected chi connectivity index (χ2v) is 5.61. The maximum atomic E-state index is 14.1. The second kappa shape index (κ2) is 5.80. The SMILES string of the molecule is CC[C@]1(c2ccccc2F)OC[C@H]([C@@H]2CCCCN2)O1. The zero-order valence-electron chi connectivity index (χ0n) is 11.9. The van der Waals surface area contributed by atoms with Crippen LogP contribution in [0.15, 0.2) is 24.3 Å². The summed E-state index contributed by atoms with van der Waals surface area (Å²) in [4.78, 5) is 0. The summed E-state index contributed by atoms with van der Waals surface area (Å²) in [6.07, 6.45) is 4.16. The Kier molecular flexibility index (Phi) is 4.06. The summed E-state index contributed by atoms with van der Waals surface area (Å²) in [5.74, 6) is -1.18. The molecule has 0 saturated carbocycles. The van der Waals surface area contributed by atoms with Crippen molar-refractivity contribution in [2.45, 2.75) is 50.5 Å². The van der Waals surface area contributed by atoms with E-state index in [0.717, 1.165) is 13.0 Å². The Bertz CT molecular complexity index is 462. The molecule has 0 spiro atoms. The average Bonchev–Trinajstić information content (AvgIpc) is 2.94. The van der Waals surface area contributed by atoms with Crippen LogP contribution in [0, 0.1) is 5.82 Å². The van der Waals surface area contributed by atoms with Crippen LogP contribution < -0.4 is 5.32 Å². The van der Waals surface area contributed by atoms with Crippen molar-refractivity contribution in [3.8, 4) is 0 Å². The highest BCUT2D eigenvalue weighted by Crippen LogP contribution is 2.39. The third kappa shape index (κ3) is 2.48. The van der Waals surface area contributed by atoms with Gasteiger partial charge in [-0.15, -0.1) is 0 Å². The lowest BCUT2D eigenvalue weighted by Gasteiger charge is -2.31. The van der Waals surface area contributed by atoms with Crippen molar-refractivity contribution < 1.29 is 13.9 Å². The van der Waals surface area contributed by atoms with Crippen molar-refractivity contribution in [3.63, 3.8) is 0 Å². The zero-order chi connectivity index (χ0) is 14.0. The summed E-state index contributed by atoms with van der Waals surface area (Å²) in [5, 5.41) is 3.49. The Labute approximate surface area is 119 Å². The first-order valence-corrected chi connectivity index (χ1v) is 7.55. The average molecular weight is 279 g/mol. The number of nitrogens with one attached hydrogen (secondary N) is 1. The molecule has 3 rings (SSSR count). The van der Waals surface area contributed by atoms with Gasteiger partial charge in [-0.25, -0.2) is 4.39 Å². The molecule has 110 valence electrons. The molecule has 2 saturated heterocycles. The van der Waals surface area contributed by atoms with Crippen molar-refractivity contribution in [3.05, 3.63) is 35.6 Å². The van der Waals surface area contributed by atoms with Gasteiger partial charge in [-0.3, -0.25) is 0 Å². The van der Waals surface area contributed by atoms with Gasteiger partial charge in [-0.2, -0.15) is 0 Å². The van der Waals surface area contributed by atoms with Crippen LogP contribution in [0.2, 0.25) is 0 Å². The van der Waals surface area contributed by atoms with E-state index in [9.17, 15) is 4.39 Å². The largest absolute Gasteiger partial charge is 0.343 e. The Morgan fingerprint density at radius 1 is 1.35 bits per heavy atom. The Balaban J connectivity index is 1.80. The standard InChI is InChI=1S/C16H22FNO2/c1-2-16(12-7-3-4-8-13(12)17)19-11-15(20-16)14-9-5-6-10-18-14/h3-4,7-8,14-15,18H,2,5-6,9-11H2,1H3/t14-,15+,16-/m0/s1. The smallest absolute Gasteiger partial charge is 0.197 e. The van der Waals surface area contributed by atoms with Crippen molar-refractivity contribution in [2.24, 2.45) is 0 Å². The summed E-state index contributed by atoms with van der Waals surface area (Å²) in [5.41, 5.74) is 0.515. The van der Waals surface area contributed by atoms with Crippen molar-refractivity contribution in [1.29, 1.82) is 0 Å². The van der Waals surface area contributed by atoms with E-state index in [1.165, 1.54) is 18.9 Å². The first-order chi connectivity index (χ1) is 9.75. The molecule has 4 heteroatoms. The predicted octanol–water partition coefficient (Wildman–Crippen LogP) is 2.95. The Hall–Kier alpha value is -0.970. The molecule has 0 radical (unpaired) electrons. The van der Waals surface area contributed by atoms with E-state index >= 15 is 0 Å². The third-order valence-electron chi connectivity index (χ3n) is 4.37. The minimum atomic E-state index is -0.921. The molecule has 0 bridgehead atoms. The number of halogens is 1. The highest BCUT2D eigenvalue weighted by molar-refractivity contribution is 5.23. The van der Waals surface area contributed by atoms with Gasteiger partial charge in [-0.1, -0.05) is 31.5 Å². The molecule has 0 aromatic heterocycles. The molecule has 0 aliphatic carbocycles. The fraction of sp³-hybridized carbons (Fsp3) is 0.625. The van der Waals surface area contributed by atoms with Gasteiger partial charge in [0.25, 0.3) is 0 Å². The fourth-order valence-electron chi connectivity index (χ4n) is 3.21. The topological polar surface area (TPSA) is 30.5 Å². The van der Waals surface area contributed by atoms with Crippen molar-refractivity contribution in [1.82, 2.24) is 5.32 Å². The van der Waals surface area contributed by atoms with Crippen LogP contribution >= 0.6 is 0 Å². The maximum absolute atomic E-state index is 14.1. The van der Waals surface area contributed by atoms with Crippen LogP contribution in [-0.4, -0.2) is 25.3 Å². The number of rotatable bonds is 3. The van der Waals surface area contributed by atoms with Gasteiger partial charge in [0.1, 0.15) is 11.9 Å². The molecule has 2 heterocycles.